The van der Waals surface area contributed by atoms with Gasteiger partial charge in [-0.3, -0.25) is 4.79 Å². The first-order valence-electron chi connectivity index (χ1n) is 6.53. The molecule has 96 valence electrons. The van der Waals surface area contributed by atoms with Crippen molar-refractivity contribution in [1.82, 2.24) is 0 Å². The quantitative estimate of drug-likeness (QED) is 0.862. The molecule has 0 fully saturated rings. The van der Waals surface area contributed by atoms with E-state index in [4.69, 9.17) is 0 Å². The van der Waals surface area contributed by atoms with Gasteiger partial charge in [0.1, 0.15) is 6.04 Å². The molecule has 1 aliphatic rings. The molecule has 0 spiro atoms. The van der Waals surface area contributed by atoms with Crippen LogP contribution >= 0.6 is 0 Å². The van der Waals surface area contributed by atoms with Crippen LogP contribution in [0.2, 0.25) is 0 Å². The lowest BCUT2D eigenvalue weighted by Crippen LogP contribution is -2.37. The van der Waals surface area contributed by atoms with E-state index in [0.29, 0.717) is 0 Å². The highest BCUT2D eigenvalue weighted by Crippen LogP contribution is 2.24. The third kappa shape index (κ3) is 2.60. The lowest BCUT2D eigenvalue weighted by Gasteiger charge is -2.26. The fourth-order valence-electron chi connectivity index (χ4n) is 2.39. The molecule has 19 heavy (non-hydrogen) atoms. The lowest BCUT2D eigenvalue weighted by atomic mass is 9.97. The molecule has 1 unspecified atom stereocenters. The van der Waals surface area contributed by atoms with Crippen molar-refractivity contribution in [1.29, 1.82) is 0 Å². The summed E-state index contributed by atoms with van der Waals surface area (Å²) in [6.45, 7) is 0. The van der Waals surface area contributed by atoms with Gasteiger partial charge in [0.2, 0.25) is 5.91 Å². The molecular formula is C16H16N2O. The number of rotatable bonds is 2. The zero-order chi connectivity index (χ0) is 13.1. The summed E-state index contributed by atoms with van der Waals surface area (Å²) in [4.78, 5) is 12.2. The monoisotopic (exact) mass is 252 g/mol. The van der Waals surface area contributed by atoms with Crippen LogP contribution in [-0.2, 0) is 11.2 Å². The molecule has 2 N–H and O–H groups in total. The van der Waals surface area contributed by atoms with Crippen LogP contribution in [0.25, 0.3) is 0 Å². The predicted molar refractivity (Wildman–Crippen MR) is 77.2 cm³/mol. The zero-order valence-corrected chi connectivity index (χ0v) is 10.6. The number of anilines is 2. The van der Waals surface area contributed by atoms with E-state index in [1.165, 1.54) is 5.56 Å². The summed E-state index contributed by atoms with van der Waals surface area (Å²) in [6.07, 6.45) is 1.77. The van der Waals surface area contributed by atoms with Crippen molar-refractivity contribution in [3.63, 3.8) is 0 Å². The number of fused-ring (bicyclic) bond motifs is 1. The zero-order valence-electron chi connectivity index (χ0n) is 10.6. The van der Waals surface area contributed by atoms with Gasteiger partial charge in [0.25, 0.3) is 0 Å². The Bertz CT molecular complexity index is 580. The molecule has 2 aromatic carbocycles. The van der Waals surface area contributed by atoms with Gasteiger partial charge in [-0.25, -0.2) is 0 Å². The molecule has 3 rings (SSSR count). The number of para-hydroxylation sites is 2. The molecular weight excluding hydrogens is 236 g/mol. The average Bonchev–Trinajstić information content (AvgIpc) is 2.48. The molecule has 0 saturated carbocycles. The predicted octanol–water partition coefficient (Wildman–Crippen LogP) is 3.05. The Kier molecular flexibility index (Phi) is 3.19. The van der Waals surface area contributed by atoms with Crippen LogP contribution in [0.4, 0.5) is 11.4 Å². The van der Waals surface area contributed by atoms with E-state index in [9.17, 15) is 4.79 Å². The standard InChI is InChI=1S/C16H16N2O/c19-16(17-13-7-2-1-3-8-13)15-11-10-12-6-4-5-9-14(12)18-15/h1-9,15,18H,10-11H2,(H,17,19). The van der Waals surface area contributed by atoms with Crippen LogP contribution < -0.4 is 10.6 Å². The van der Waals surface area contributed by atoms with Crippen LogP contribution in [0, 0.1) is 0 Å². The number of benzene rings is 2. The number of aryl methyl sites for hydroxylation is 1. The van der Waals surface area contributed by atoms with Crippen molar-refractivity contribution < 1.29 is 4.79 Å². The van der Waals surface area contributed by atoms with Crippen molar-refractivity contribution in [2.75, 3.05) is 10.6 Å². The molecule has 0 aliphatic carbocycles. The maximum absolute atomic E-state index is 12.2. The average molecular weight is 252 g/mol. The van der Waals surface area contributed by atoms with Crippen LogP contribution in [0.15, 0.2) is 54.6 Å². The fourth-order valence-corrected chi connectivity index (χ4v) is 2.39. The second kappa shape index (κ2) is 5.14. The minimum atomic E-state index is -0.157. The molecule has 3 nitrogen and oxygen atoms in total. The molecule has 2 aromatic rings. The highest BCUT2D eigenvalue weighted by Gasteiger charge is 2.23. The summed E-state index contributed by atoms with van der Waals surface area (Å²) >= 11 is 0. The minimum absolute atomic E-state index is 0.0284. The van der Waals surface area contributed by atoms with E-state index in [1.54, 1.807) is 0 Å². The Labute approximate surface area is 112 Å². The van der Waals surface area contributed by atoms with Crippen molar-refractivity contribution in [3.05, 3.63) is 60.2 Å². The first kappa shape index (κ1) is 11.8. The van der Waals surface area contributed by atoms with Gasteiger partial charge >= 0.3 is 0 Å². The number of nitrogens with one attached hydrogen (secondary N) is 2. The van der Waals surface area contributed by atoms with Crippen LogP contribution in [-0.4, -0.2) is 11.9 Å². The number of hydrogen-bond donors (Lipinski definition) is 2. The first-order valence-corrected chi connectivity index (χ1v) is 6.53. The summed E-state index contributed by atoms with van der Waals surface area (Å²) in [6, 6.07) is 17.6. The molecule has 0 saturated heterocycles. The van der Waals surface area contributed by atoms with E-state index < -0.39 is 0 Å². The third-order valence-electron chi connectivity index (χ3n) is 3.41. The normalized spacial score (nSPS) is 17.2. The van der Waals surface area contributed by atoms with Crippen molar-refractivity contribution in [2.24, 2.45) is 0 Å². The maximum atomic E-state index is 12.2. The Hall–Kier alpha value is -2.29. The van der Waals surface area contributed by atoms with Gasteiger partial charge in [-0.15, -0.1) is 0 Å². The van der Waals surface area contributed by atoms with Crippen LogP contribution in [0.5, 0.6) is 0 Å². The summed E-state index contributed by atoms with van der Waals surface area (Å²) in [5, 5.41) is 6.25. The van der Waals surface area contributed by atoms with Crippen LogP contribution in [0.3, 0.4) is 0 Å². The van der Waals surface area contributed by atoms with E-state index in [2.05, 4.69) is 16.7 Å². The van der Waals surface area contributed by atoms with E-state index in [1.807, 2.05) is 48.5 Å². The second-order valence-electron chi connectivity index (χ2n) is 4.75. The molecule has 1 heterocycles. The highest BCUT2D eigenvalue weighted by atomic mass is 16.2. The minimum Gasteiger partial charge on any atom is -0.373 e. The van der Waals surface area contributed by atoms with Gasteiger partial charge in [-0.2, -0.15) is 0 Å². The lowest BCUT2D eigenvalue weighted by molar-refractivity contribution is -0.117. The summed E-state index contributed by atoms with van der Waals surface area (Å²) in [7, 11) is 0. The summed E-state index contributed by atoms with van der Waals surface area (Å²) < 4.78 is 0. The molecule has 1 amide bonds. The van der Waals surface area contributed by atoms with Gasteiger partial charge in [-0.05, 0) is 36.6 Å². The summed E-state index contributed by atoms with van der Waals surface area (Å²) in [5.41, 5.74) is 3.20. The Morgan fingerprint density at radius 2 is 1.79 bits per heavy atom. The van der Waals surface area contributed by atoms with Gasteiger partial charge in [0.05, 0.1) is 0 Å². The number of hydrogen-bond acceptors (Lipinski definition) is 2. The van der Waals surface area contributed by atoms with E-state index in [0.717, 1.165) is 24.2 Å². The highest BCUT2D eigenvalue weighted by molar-refractivity contribution is 5.97. The topological polar surface area (TPSA) is 41.1 Å². The van der Waals surface area contributed by atoms with Crippen LogP contribution in [0.1, 0.15) is 12.0 Å². The Morgan fingerprint density at radius 1 is 1.05 bits per heavy atom. The third-order valence-corrected chi connectivity index (χ3v) is 3.41. The molecule has 0 bridgehead atoms. The SMILES string of the molecule is O=C(Nc1ccccc1)C1CCc2ccccc2N1. The van der Waals surface area contributed by atoms with E-state index >= 15 is 0 Å². The second-order valence-corrected chi connectivity index (χ2v) is 4.75. The molecule has 1 atom stereocenters. The van der Waals surface area contributed by atoms with Crippen molar-refractivity contribution in [3.8, 4) is 0 Å². The maximum Gasteiger partial charge on any atom is 0.246 e. The Balaban J connectivity index is 1.70. The fraction of sp³-hybridized carbons (Fsp3) is 0.188. The van der Waals surface area contributed by atoms with Gasteiger partial charge in [0, 0.05) is 11.4 Å². The largest absolute Gasteiger partial charge is 0.373 e. The molecule has 1 aliphatic heterocycles. The van der Waals surface area contributed by atoms with Gasteiger partial charge in [-0.1, -0.05) is 36.4 Å². The molecule has 3 heteroatoms. The van der Waals surface area contributed by atoms with E-state index in [-0.39, 0.29) is 11.9 Å². The number of carbonyl (C=O) groups excluding carboxylic acids is 1. The van der Waals surface area contributed by atoms with Crippen molar-refractivity contribution >= 4 is 17.3 Å². The molecule has 0 radical (unpaired) electrons. The molecule has 0 aromatic heterocycles. The number of carbonyl (C=O) groups is 1. The van der Waals surface area contributed by atoms with Gasteiger partial charge in [0.15, 0.2) is 0 Å². The first-order chi connectivity index (χ1) is 9.33. The van der Waals surface area contributed by atoms with Crippen molar-refractivity contribution in [2.45, 2.75) is 18.9 Å². The van der Waals surface area contributed by atoms with Gasteiger partial charge < -0.3 is 10.6 Å². The Morgan fingerprint density at radius 3 is 2.63 bits per heavy atom. The number of amides is 1. The summed E-state index contributed by atoms with van der Waals surface area (Å²) in [5.74, 6) is 0.0284. The smallest absolute Gasteiger partial charge is 0.246 e.